The van der Waals surface area contributed by atoms with Crippen molar-refractivity contribution < 1.29 is 9.90 Å². The van der Waals surface area contributed by atoms with Crippen molar-refractivity contribution in [3.8, 4) is 11.3 Å². The molecule has 3 heterocycles. The van der Waals surface area contributed by atoms with Crippen LogP contribution >= 0.6 is 11.6 Å². The van der Waals surface area contributed by atoms with Crippen LogP contribution in [0.2, 0.25) is 5.02 Å². The molecule has 0 bridgehead atoms. The molecule has 4 rings (SSSR count). The van der Waals surface area contributed by atoms with Crippen LogP contribution in [-0.4, -0.2) is 41.1 Å². The number of nitrogens with zero attached hydrogens (tertiary/aromatic N) is 4. The first-order valence-corrected chi connectivity index (χ1v) is 9.17. The number of H-pyrrole nitrogens is 2. The van der Waals surface area contributed by atoms with E-state index in [4.69, 9.17) is 17.3 Å². The van der Waals surface area contributed by atoms with Crippen molar-refractivity contribution in [1.82, 2.24) is 35.3 Å². The molecule has 0 unspecified atom stereocenters. The van der Waals surface area contributed by atoms with E-state index < -0.39 is 12.1 Å². The van der Waals surface area contributed by atoms with E-state index in [1.54, 1.807) is 17.9 Å². The van der Waals surface area contributed by atoms with E-state index in [2.05, 4.69) is 30.6 Å². The van der Waals surface area contributed by atoms with Crippen LogP contribution in [0, 0.1) is 6.92 Å². The number of carboxylic acid groups (broad SMARTS) is 1. The van der Waals surface area contributed by atoms with Gasteiger partial charge in [0.25, 0.3) is 0 Å². The molecule has 3 aromatic heterocycles. The molecule has 10 nitrogen and oxygen atoms in total. The Hall–Kier alpha value is -3.53. The molecule has 0 fully saturated rings. The van der Waals surface area contributed by atoms with Crippen molar-refractivity contribution in [3.05, 3.63) is 46.6 Å². The smallest absolute Gasteiger partial charge is 0.405 e. The van der Waals surface area contributed by atoms with E-state index >= 15 is 0 Å². The van der Waals surface area contributed by atoms with Crippen molar-refractivity contribution in [1.29, 1.82) is 0 Å². The molecule has 29 heavy (non-hydrogen) atoms. The van der Waals surface area contributed by atoms with Gasteiger partial charge in [0.2, 0.25) is 0 Å². The topological polar surface area (TPSA) is 151 Å². The van der Waals surface area contributed by atoms with Crippen LogP contribution < -0.4 is 11.1 Å². The molecule has 0 aliphatic heterocycles. The second kappa shape index (κ2) is 7.13. The molecule has 1 aromatic carbocycles. The van der Waals surface area contributed by atoms with Crippen LogP contribution in [0.25, 0.3) is 22.2 Å². The van der Waals surface area contributed by atoms with E-state index in [-0.39, 0.29) is 6.42 Å². The molecule has 1 atom stereocenters. The molecule has 0 aliphatic rings. The summed E-state index contributed by atoms with van der Waals surface area (Å²) in [4.78, 5) is 18.9. The molecular formula is C18H19ClN8O2. The third kappa shape index (κ3) is 3.49. The largest absolute Gasteiger partial charge is 0.465 e. The number of carbonyl (C=O) groups is 1. The first-order chi connectivity index (χ1) is 13.8. The van der Waals surface area contributed by atoms with Crippen LogP contribution in [0.4, 0.5) is 10.6 Å². The lowest BCUT2D eigenvalue weighted by Gasteiger charge is -2.13. The predicted molar refractivity (Wildman–Crippen MR) is 109 cm³/mol. The lowest BCUT2D eigenvalue weighted by molar-refractivity contribution is 0.189. The number of aryl methyl sites for hydroxylation is 1. The average Bonchev–Trinajstić information content (AvgIpc) is 3.37. The van der Waals surface area contributed by atoms with E-state index in [0.29, 0.717) is 22.4 Å². The Morgan fingerprint density at radius 1 is 1.45 bits per heavy atom. The van der Waals surface area contributed by atoms with E-state index in [9.17, 15) is 9.90 Å². The number of nitrogens with one attached hydrogen (secondary N) is 3. The fourth-order valence-corrected chi connectivity index (χ4v) is 3.45. The third-order valence-corrected chi connectivity index (χ3v) is 5.34. The number of anilines is 1. The molecule has 4 aromatic rings. The maximum atomic E-state index is 11.3. The monoisotopic (exact) mass is 414 g/mol. The highest BCUT2D eigenvalue weighted by Crippen LogP contribution is 2.28. The van der Waals surface area contributed by atoms with Gasteiger partial charge in [0.05, 0.1) is 39.9 Å². The highest BCUT2D eigenvalue weighted by atomic mass is 35.5. The zero-order valence-corrected chi connectivity index (χ0v) is 16.4. The molecule has 0 aliphatic carbocycles. The molecule has 150 valence electrons. The number of aromatic amines is 2. The second-order valence-electron chi connectivity index (χ2n) is 6.73. The molecular weight excluding hydrogens is 396 g/mol. The molecule has 0 saturated carbocycles. The third-order valence-electron chi connectivity index (χ3n) is 4.85. The summed E-state index contributed by atoms with van der Waals surface area (Å²) >= 11 is 6.33. The minimum Gasteiger partial charge on any atom is -0.465 e. The average molecular weight is 415 g/mol. The van der Waals surface area contributed by atoms with Crippen molar-refractivity contribution in [3.63, 3.8) is 0 Å². The number of hydrogen-bond acceptors (Lipinski definition) is 5. The number of amides is 1. The molecule has 11 heteroatoms. The fraction of sp³-hybridized carbons (Fsp3) is 0.222. The zero-order valence-electron chi connectivity index (χ0n) is 15.7. The number of nitrogen functional groups attached to an aromatic ring is 1. The van der Waals surface area contributed by atoms with Gasteiger partial charge in [-0.3, -0.25) is 9.78 Å². The van der Waals surface area contributed by atoms with Crippen LogP contribution in [0.1, 0.15) is 23.3 Å². The van der Waals surface area contributed by atoms with Crippen LogP contribution in [0.5, 0.6) is 0 Å². The van der Waals surface area contributed by atoms with Crippen LogP contribution in [0.15, 0.2) is 24.4 Å². The Bertz CT molecular complexity index is 1210. The van der Waals surface area contributed by atoms with Gasteiger partial charge >= 0.3 is 6.09 Å². The molecule has 0 saturated heterocycles. The highest BCUT2D eigenvalue weighted by Gasteiger charge is 2.22. The van der Waals surface area contributed by atoms with Crippen LogP contribution in [-0.2, 0) is 13.5 Å². The van der Waals surface area contributed by atoms with E-state index in [1.165, 1.54) is 0 Å². The van der Waals surface area contributed by atoms with Gasteiger partial charge in [-0.1, -0.05) is 17.7 Å². The van der Waals surface area contributed by atoms with Crippen molar-refractivity contribution in [2.24, 2.45) is 7.05 Å². The summed E-state index contributed by atoms with van der Waals surface area (Å²) in [7, 11) is 1.79. The fourth-order valence-electron chi connectivity index (χ4n) is 3.21. The zero-order chi connectivity index (χ0) is 20.7. The first-order valence-electron chi connectivity index (χ1n) is 8.79. The van der Waals surface area contributed by atoms with Crippen molar-refractivity contribution >= 4 is 34.4 Å². The lowest BCUT2D eigenvalue weighted by atomic mass is 10.1. The van der Waals surface area contributed by atoms with Gasteiger partial charge < -0.3 is 21.1 Å². The van der Waals surface area contributed by atoms with E-state index in [0.717, 1.165) is 27.9 Å². The Balaban J connectivity index is 1.65. The Morgan fingerprint density at radius 2 is 2.24 bits per heavy atom. The number of imidazole rings is 1. The minimum atomic E-state index is -1.16. The molecule has 1 amide bonds. The Morgan fingerprint density at radius 3 is 2.93 bits per heavy atom. The van der Waals surface area contributed by atoms with Gasteiger partial charge in [-0.15, -0.1) is 0 Å². The van der Waals surface area contributed by atoms with Crippen molar-refractivity contribution in [2.45, 2.75) is 19.4 Å². The number of rotatable bonds is 5. The highest BCUT2D eigenvalue weighted by molar-refractivity contribution is 6.31. The van der Waals surface area contributed by atoms with Crippen molar-refractivity contribution in [2.75, 3.05) is 5.73 Å². The Kier molecular flexibility index (Phi) is 4.63. The van der Waals surface area contributed by atoms with Gasteiger partial charge in [-0.05, 0) is 19.1 Å². The van der Waals surface area contributed by atoms with Gasteiger partial charge in [0.15, 0.2) is 5.82 Å². The number of halogens is 1. The molecule has 6 N–H and O–H groups in total. The quantitative estimate of drug-likeness (QED) is 0.338. The number of hydrogen-bond donors (Lipinski definition) is 5. The summed E-state index contributed by atoms with van der Waals surface area (Å²) < 4.78 is 1.66. The Labute approximate surface area is 170 Å². The van der Waals surface area contributed by atoms with Gasteiger partial charge in [-0.2, -0.15) is 10.2 Å². The predicted octanol–water partition coefficient (Wildman–Crippen LogP) is 2.78. The SMILES string of the molecule is Cc1c(Cl)c(C[C@H](NC(=O)O)c2ncc(-c3ccc4c(N)n[nH]c4c3)[nH]2)nn1C. The summed E-state index contributed by atoms with van der Waals surface area (Å²) in [6, 6.07) is 5.02. The maximum absolute atomic E-state index is 11.3. The summed E-state index contributed by atoms with van der Waals surface area (Å²) in [5.74, 6) is 0.899. The van der Waals surface area contributed by atoms with Gasteiger partial charge in [-0.25, -0.2) is 9.78 Å². The minimum absolute atomic E-state index is 0.260. The summed E-state index contributed by atoms with van der Waals surface area (Å²) in [5.41, 5.74) is 9.60. The number of benzene rings is 1. The summed E-state index contributed by atoms with van der Waals surface area (Å²) in [5, 5.41) is 24.3. The number of nitrogens with two attached hydrogens (primary N) is 1. The standard InChI is InChI=1S/C18H19ClN8O2/c1-8-15(19)12(26-27(8)2)6-13(23-18(28)29)17-21-7-14(22-17)9-3-4-10-11(5-9)24-25-16(10)20/h3-5,7,13,23H,6H2,1-2H3,(H,21,22)(H,28,29)(H3,20,24,25)/t13-/m0/s1. The van der Waals surface area contributed by atoms with E-state index in [1.807, 2.05) is 25.1 Å². The van der Waals surface area contributed by atoms with Gasteiger partial charge in [0, 0.05) is 24.4 Å². The second-order valence-corrected chi connectivity index (χ2v) is 7.11. The lowest BCUT2D eigenvalue weighted by Crippen LogP contribution is -2.29. The maximum Gasteiger partial charge on any atom is 0.405 e. The van der Waals surface area contributed by atoms with Crippen LogP contribution in [0.3, 0.4) is 0 Å². The molecule has 0 radical (unpaired) electrons. The number of aromatic nitrogens is 6. The molecule has 0 spiro atoms. The normalized spacial score (nSPS) is 12.4. The number of fused-ring (bicyclic) bond motifs is 1. The van der Waals surface area contributed by atoms with Gasteiger partial charge in [0.1, 0.15) is 5.82 Å². The summed E-state index contributed by atoms with van der Waals surface area (Å²) in [6.45, 7) is 1.85. The summed E-state index contributed by atoms with van der Waals surface area (Å²) in [6.07, 6.45) is 0.750. The first kappa shape index (κ1) is 18.8.